The van der Waals surface area contributed by atoms with E-state index in [2.05, 4.69) is 15.3 Å². The van der Waals surface area contributed by atoms with Gasteiger partial charge in [-0.1, -0.05) is 12.8 Å². The third kappa shape index (κ3) is 4.30. The van der Waals surface area contributed by atoms with E-state index in [9.17, 15) is 13.6 Å². The number of halogens is 2. The van der Waals surface area contributed by atoms with Gasteiger partial charge in [0.25, 0.3) is 0 Å². The predicted octanol–water partition coefficient (Wildman–Crippen LogP) is 5.16. The number of aromatic amines is 1. The average Bonchev–Trinajstić information content (AvgIpc) is 3.33. The van der Waals surface area contributed by atoms with Gasteiger partial charge < -0.3 is 10.3 Å². The van der Waals surface area contributed by atoms with Crippen molar-refractivity contribution >= 4 is 22.8 Å². The van der Waals surface area contributed by atoms with Crippen LogP contribution in [-0.4, -0.2) is 28.6 Å². The van der Waals surface area contributed by atoms with Crippen LogP contribution in [0.5, 0.6) is 0 Å². The lowest BCUT2D eigenvalue weighted by Gasteiger charge is -2.25. The van der Waals surface area contributed by atoms with Crippen LogP contribution in [0.4, 0.5) is 19.3 Å². The molecule has 1 saturated carbocycles. The number of carbonyl (C=O) groups is 1. The average molecular weight is 412 g/mol. The van der Waals surface area contributed by atoms with Crippen molar-refractivity contribution in [1.82, 2.24) is 15.3 Å². The van der Waals surface area contributed by atoms with E-state index in [1.165, 1.54) is 22.6 Å². The highest BCUT2D eigenvalue weighted by Gasteiger charge is 2.24. The van der Waals surface area contributed by atoms with Gasteiger partial charge in [0.2, 0.25) is 0 Å². The zero-order valence-electron chi connectivity index (χ0n) is 17.3. The molecule has 2 N–H and O–H groups in total. The molecule has 2 amide bonds. The number of hydrogen-bond acceptors (Lipinski definition) is 2. The molecule has 0 aliphatic heterocycles. The molecule has 0 unspecified atom stereocenters. The molecule has 0 saturated heterocycles. The highest BCUT2D eigenvalue weighted by Crippen LogP contribution is 2.23. The number of H-pyrrole nitrogens is 1. The monoisotopic (exact) mass is 412 g/mol. The molecule has 3 aromatic rings. The molecular weight excluding hydrogens is 386 g/mol. The number of benzene rings is 2. The second-order valence-corrected chi connectivity index (χ2v) is 8.07. The van der Waals surface area contributed by atoms with E-state index in [1.54, 1.807) is 0 Å². The molecule has 0 spiro atoms. The summed E-state index contributed by atoms with van der Waals surface area (Å²) in [6.07, 6.45) is 4.42. The molecular formula is C23H26F2N4O. The maximum absolute atomic E-state index is 14.5. The lowest BCUT2D eigenvalue weighted by Crippen LogP contribution is -2.45. The van der Waals surface area contributed by atoms with Crippen molar-refractivity contribution in [3.8, 4) is 0 Å². The Balaban J connectivity index is 1.56. The van der Waals surface area contributed by atoms with Crippen LogP contribution in [0, 0.1) is 25.5 Å². The first-order chi connectivity index (χ1) is 14.4. The fourth-order valence-corrected chi connectivity index (χ4v) is 4.01. The molecule has 1 heterocycles. The molecule has 0 bridgehead atoms. The lowest BCUT2D eigenvalue weighted by atomic mass is 10.1. The van der Waals surface area contributed by atoms with E-state index in [0.29, 0.717) is 6.42 Å². The SMILES string of the molecule is Cc1cc2nc(CCN(C(=O)NC3CCCC3)c3ccc(F)cc3F)[nH]c2cc1C. The minimum atomic E-state index is -0.757. The van der Waals surface area contributed by atoms with Crippen LogP contribution in [0.25, 0.3) is 11.0 Å². The highest BCUT2D eigenvalue weighted by molar-refractivity contribution is 5.92. The summed E-state index contributed by atoms with van der Waals surface area (Å²) in [5.41, 5.74) is 4.19. The number of rotatable bonds is 5. The number of aryl methyl sites for hydroxylation is 2. The van der Waals surface area contributed by atoms with Crippen LogP contribution < -0.4 is 10.2 Å². The van der Waals surface area contributed by atoms with Gasteiger partial charge in [-0.25, -0.2) is 18.6 Å². The number of imidazole rings is 1. The van der Waals surface area contributed by atoms with Gasteiger partial charge in [-0.05, 0) is 62.1 Å². The number of nitrogens with zero attached hydrogens (tertiary/aromatic N) is 2. The van der Waals surface area contributed by atoms with Crippen molar-refractivity contribution < 1.29 is 13.6 Å². The maximum atomic E-state index is 14.5. The molecule has 1 fully saturated rings. The number of amides is 2. The van der Waals surface area contributed by atoms with Crippen molar-refractivity contribution in [2.24, 2.45) is 0 Å². The summed E-state index contributed by atoms with van der Waals surface area (Å²) in [4.78, 5) is 22.2. The van der Waals surface area contributed by atoms with Gasteiger partial charge in [0.1, 0.15) is 17.5 Å². The van der Waals surface area contributed by atoms with Gasteiger partial charge in [0, 0.05) is 25.1 Å². The Labute approximate surface area is 174 Å². The van der Waals surface area contributed by atoms with E-state index in [1.807, 2.05) is 26.0 Å². The number of urea groups is 1. The summed E-state index contributed by atoms with van der Waals surface area (Å²) >= 11 is 0. The molecule has 4 rings (SSSR count). The zero-order chi connectivity index (χ0) is 21.3. The molecule has 0 radical (unpaired) electrons. The summed E-state index contributed by atoms with van der Waals surface area (Å²) in [7, 11) is 0. The van der Waals surface area contributed by atoms with E-state index < -0.39 is 11.6 Å². The number of hydrogen-bond donors (Lipinski definition) is 2. The normalized spacial score (nSPS) is 14.4. The number of carbonyl (C=O) groups excluding carboxylic acids is 1. The Hall–Kier alpha value is -2.96. The zero-order valence-corrected chi connectivity index (χ0v) is 17.3. The minimum Gasteiger partial charge on any atom is -0.342 e. The molecule has 1 aliphatic rings. The third-order valence-electron chi connectivity index (χ3n) is 5.85. The second kappa shape index (κ2) is 8.42. The fourth-order valence-electron chi connectivity index (χ4n) is 4.01. The summed E-state index contributed by atoms with van der Waals surface area (Å²) in [5, 5.41) is 2.99. The molecule has 2 aromatic carbocycles. The van der Waals surface area contributed by atoms with Crippen molar-refractivity contribution in [3.63, 3.8) is 0 Å². The molecule has 1 aliphatic carbocycles. The molecule has 5 nitrogen and oxygen atoms in total. The Morgan fingerprint density at radius 1 is 1.17 bits per heavy atom. The van der Waals surface area contributed by atoms with Gasteiger partial charge in [0.05, 0.1) is 16.7 Å². The summed E-state index contributed by atoms with van der Waals surface area (Å²) in [6.45, 7) is 4.30. The molecule has 1 aromatic heterocycles. The van der Waals surface area contributed by atoms with Crippen molar-refractivity contribution in [2.75, 3.05) is 11.4 Å². The molecule has 158 valence electrons. The van der Waals surface area contributed by atoms with Gasteiger partial charge in [-0.15, -0.1) is 0 Å². The first-order valence-electron chi connectivity index (χ1n) is 10.4. The van der Waals surface area contributed by atoms with Crippen LogP contribution in [-0.2, 0) is 6.42 Å². The first kappa shape index (κ1) is 20.3. The largest absolute Gasteiger partial charge is 0.342 e. The van der Waals surface area contributed by atoms with Gasteiger partial charge >= 0.3 is 6.03 Å². The first-order valence-corrected chi connectivity index (χ1v) is 10.4. The number of aromatic nitrogens is 2. The topological polar surface area (TPSA) is 61.0 Å². The predicted molar refractivity (Wildman–Crippen MR) is 114 cm³/mol. The van der Waals surface area contributed by atoms with E-state index in [4.69, 9.17) is 0 Å². The highest BCUT2D eigenvalue weighted by atomic mass is 19.1. The van der Waals surface area contributed by atoms with Crippen LogP contribution in [0.3, 0.4) is 0 Å². The summed E-state index contributed by atoms with van der Waals surface area (Å²) in [6, 6.07) is 7.08. The fraction of sp³-hybridized carbons (Fsp3) is 0.391. The minimum absolute atomic E-state index is 0.0645. The number of nitrogens with one attached hydrogen (secondary N) is 2. The summed E-state index contributed by atoms with van der Waals surface area (Å²) in [5.74, 6) is -0.709. The van der Waals surface area contributed by atoms with Crippen LogP contribution in [0.2, 0.25) is 0 Å². The van der Waals surface area contributed by atoms with Crippen LogP contribution in [0.1, 0.15) is 42.6 Å². The molecule has 7 heteroatoms. The van der Waals surface area contributed by atoms with Crippen LogP contribution >= 0.6 is 0 Å². The van der Waals surface area contributed by atoms with Gasteiger partial charge in [0.15, 0.2) is 0 Å². The smallest absolute Gasteiger partial charge is 0.322 e. The summed E-state index contributed by atoms with van der Waals surface area (Å²) < 4.78 is 27.9. The Kier molecular flexibility index (Phi) is 5.70. The second-order valence-electron chi connectivity index (χ2n) is 8.07. The van der Waals surface area contributed by atoms with E-state index in [-0.39, 0.29) is 24.3 Å². The van der Waals surface area contributed by atoms with Crippen LogP contribution in [0.15, 0.2) is 30.3 Å². The van der Waals surface area contributed by atoms with Crippen molar-refractivity contribution in [1.29, 1.82) is 0 Å². The molecule has 30 heavy (non-hydrogen) atoms. The van der Waals surface area contributed by atoms with Crippen molar-refractivity contribution in [3.05, 3.63) is 58.9 Å². The Morgan fingerprint density at radius 3 is 2.63 bits per heavy atom. The number of anilines is 1. The van der Waals surface area contributed by atoms with E-state index >= 15 is 0 Å². The third-order valence-corrected chi connectivity index (χ3v) is 5.85. The van der Waals surface area contributed by atoms with Crippen molar-refractivity contribution in [2.45, 2.75) is 52.0 Å². The van der Waals surface area contributed by atoms with Gasteiger partial charge in [-0.3, -0.25) is 4.90 Å². The number of fused-ring (bicyclic) bond motifs is 1. The van der Waals surface area contributed by atoms with Gasteiger partial charge in [-0.2, -0.15) is 0 Å². The molecule has 0 atom stereocenters. The lowest BCUT2D eigenvalue weighted by molar-refractivity contribution is 0.242. The Morgan fingerprint density at radius 2 is 1.90 bits per heavy atom. The quantitative estimate of drug-likeness (QED) is 0.608. The Bertz CT molecular complexity index is 1030. The maximum Gasteiger partial charge on any atom is 0.322 e. The van der Waals surface area contributed by atoms with E-state index in [0.717, 1.165) is 54.2 Å². The standard InChI is InChI=1S/C23H26F2N4O/c1-14-11-19-20(12-15(14)2)28-22(27-19)9-10-29(21-8-7-16(24)13-18(21)25)23(30)26-17-5-3-4-6-17/h7-8,11-13,17H,3-6,9-10H2,1-2H3,(H,26,30)(H,27,28).